The topological polar surface area (TPSA) is 41.4 Å². The Morgan fingerprint density at radius 1 is 0.941 bits per heavy atom. The van der Waals surface area contributed by atoms with Crippen LogP contribution in [0.5, 0.6) is 0 Å². The van der Waals surface area contributed by atoms with Crippen molar-refractivity contribution in [3.8, 4) is 0 Å². The van der Waals surface area contributed by atoms with E-state index in [1.165, 1.54) is 24.3 Å². The smallest absolute Gasteiger partial charge is 0.252 e. The number of hydrogen-bond donors (Lipinski definition) is 0. The molecule has 2 aromatic heterocycles. The fourth-order valence-electron chi connectivity index (χ4n) is 4.95. The summed E-state index contributed by atoms with van der Waals surface area (Å²) in [5.41, 5.74) is 4.28. The van der Waals surface area contributed by atoms with Crippen LogP contribution >= 0.6 is 0 Å². The Labute approximate surface area is 196 Å². The lowest BCUT2D eigenvalue weighted by Crippen LogP contribution is -2.53. The highest BCUT2D eigenvalue weighted by Crippen LogP contribution is 2.34. The van der Waals surface area contributed by atoms with E-state index in [-0.39, 0.29) is 29.3 Å². The molecule has 34 heavy (non-hydrogen) atoms. The van der Waals surface area contributed by atoms with E-state index in [9.17, 15) is 13.6 Å². The van der Waals surface area contributed by atoms with E-state index in [0.717, 1.165) is 27.8 Å². The number of anilines is 1. The van der Waals surface area contributed by atoms with Crippen LogP contribution in [-0.4, -0.2) is 40.1 Å². The van der Waals surface area contributed by atoms with E-state index in [1.54, 1.807) is 48.1 Å². The third kappa shape index (κ3) is 4.07. The van der Waals surface area contributed by atoms with Crippen molar-refractivity contribution in [2.75, 3.05) is 24.5 Å². The van der Waals surface area contributed by atoms with E-state index in [0.29, 0.717) is 19.6 Å². The van der Waals surface area contributed by atoms with Crippen LogP contribution in [0.1, 0.15) is 24.1 Å². The van der Waals surface area contributed by atoms with Gasteiger partial charge in [0, 0.05) is 45.0 Å². The van der Waals surface area contributed by atoms with E-state index in [1.807, 2.05) is 12.1 Å². The molecule has 2 aromatic carbocycles. The van der Waals surface area contributed by atoms with Gasteiger partial charge < -0.3 is 9.47 Å². The highest BCUT2D eigenvalue weighted by molar-refractivity contribution is 5.88. The Morgan fingerprint density at radius 2 is 1.56 bits per heavy atom. The molecule has 1 aliphatic rings. The van der Waals surface area contributed by atoms with Crippen molar-refractivity contribution in [1.29, 1.82) is 0 Å². The lowest BCUT2D eigenvalue weighted by Gasteiger charge is -2.45. The molecule has 0 aliphatic carbocycles. The summed E-state index contributed by atoms with van der Waals surface area (Å²) in [5.74, 6) is -0.575. The van der Waals surface area contributed by atoms with Crippen LogP contribution in [0.3, 0.4) is 0 Å². The van der Waals surface area contributed by atoms with Gasteiger partial charge in [0.15, 0.2) is 0 Å². The quantitative estimate of drug-likeness (QED) is 0.449. The monoisotopic (exact) mass is 460 g/mol. The lowest BCUT2D eigenvalue weighted by molar-refractivity contribution is 0.150. The molecule has 4 aromatic rings. The number of nitrogens with zero attached hydrogens (tertiary/aromatic N) is 4. The minimum Gasteiger partial charge on any atom is -0.367 e. The fraction of sp³-hybridized carbons (Fsp3) is 0.259. The number of aromatic nitrogens is 2. The molecule has 1 aliphatic heterocycles. The van der Waals surface area contributed by atoms with Gasteiger partial charge in [-0.05, 0) is 54.4 Å². The maximum Gasteiger partial charge on any atom is 0.252 e. The van der Waals surface area contributed by atoms with Crippen LogP contribution in [-0.2, 0) is 7.05 Å². The zero-order chi connectivity index (χ0) is 23.8. The largest absolute Gasteiger partial charge is 0.367 e. The average Bonchev–Trinajstić information content (AvgIpc) is 2.85. The second-order valence-electron chi connectivity index (χ2n) is 8.84. The zero-order valence-electron chi connectivity index (χ0n) is 19.2. The summed E-state index contributed by atoms with van der Waals surface area (Å²) in [6.45, 7) is 4.24. The summed E-state index contributed by atoms with van der Waals surface area (Å²) < 4.78 is 28.9. The van der Waals surface area contributed by atoms with Crippen molar-refractivity contribution in [1.82, 2.24) is 14.5 Å². The number of rotatable bonds is 4. The van der Waals surface area contributed by atoms with Crippen molar-refractivity contribution in [3.05, 3.63) is 106 Å². The average molecular weight is 461 g/mol. The van der Waals surface area contributed by atoms with Crippen LogP contribution in [0.4, 0.5) is 14.5 Å². The van der Waals surface area contributed by atoms with Gasteiger partial charge >= 0.3 is 0 Å². The van der Waals surface area contributed by atoms with Crippen LogP contribution in [0.25, 0.3) is 11.0 Å². The Bertz CT molecular complexity index is 1320. The number of benzene rings is 2. The van der Waals surface area contributed by atoms with Crippen molar-refractivity contribution >= 4 is 16.7 Å². The van der Waals surface area contributed by atoms with Gasteiger partial charge in [0.05, 0.1) is 17.2 Å². The Kier molecular flexibility index (Phi) is 5.87. The molecule has 174 valence electrons. The minimum atomic E-state index is -0.287. The molecular weight excluding hydrogens is 434 g/mol. The molecule has 5 rings (SSSR count). The van der Waals surface area contributed by atoms with Gasteiger partial charge in [0.1, 0.15) is 17.2 Å². The first-order valence-corrected chi connectivity index (χ1v) is 11.4. The third-order valence-corrected chi connectivity index (χ3v) is 6.70. The normalized spacial score (nSPS) is 17.0. The Balaban J connectivity index is 1.49. The van der Waals surface area contributed by atoms with Gasteiger partial charge in [-0.15, -0.1) is 0 Å². The van der Waals surface area contributed by atoms with Crippen LogP contribution in [0, 0.1) is 11.6 Å². The summed E-state index contributed by atoms with van der Waals surface area (Å²) in [6, 6.07) is 18.4. The fourth-order valence-corrected chi connectivity index (χ4v) is 4.95. The van der Waals surface area contributed by atoms with E-state index >= 15 is 0 Å². The van der Waals surface area contributed by atoms with E-state index < -0.39 is 0 Å². The summed E-state index contributed by atoms with van der Waals surface area (Å²) >= 11 is 0. The molecule has 0 amide bonds. The molecule has 0 unspecified atom stereocenters. The second kappa shape index (κ2) is 8.99. The molecule has 0 saturated carbocycles. The molecule has 7 heteroatoms. The van der Waals surface area contributed by atoms with Gasteiger partial charge in [-0.25, -0.2) is 8.78 Å². The molecule has 0 bridgehead atoms. The third-order valence-electron chi connectivity index (χ3n) is 6.70. The standard InChI is InChI=1S/C27H26F2N4O/c1-18-17-32(24-16-25(34)31(2)23-4-3-13-30-26(23)24)14-15-33(18)27(19-5-9-21(28)10-6-19)20-7-11-22(29)12-8-20/h3-13,16,18,27H,14-15,17H2,1-2H3/t18-/m1/s1. The second-order valence-corrected chi connectivity index (χ2v) is 8.84. The van der Waals surface area contributed by atoms with Crippen molar-refractivity contribution in [2.45, 2.75) is 19.0 Å². The number of hydrogen-bond acceptors (Lipinski definition) is 4. The molecule has 0 N–H and O–H groups in total. The predicted molar refractivity (Wildman–Crippen MR) is 130 cm³/mol. The van der Waals surface area contributed by atoms with Crippen LogP contribution in [0.15, 0.2) is 77.7 Å². The molecule has 0 radical (unpaired) electrons. The number of aryl methyl sites for hydroxylation is 1. The number of piperazine rings is 1. The predicted octanol–water partition coefficient (Wildman–Crippen LogP) is 4.51. The summed E-state index contributed by atoms with van der Waals surface area (Å²) in [5, 5.41) is 0. The van der Waals surface area contributed by atoms with Gasteiger partial charge in [-0.3, -0.25) is 14.7 Å². The summed E-state index contributed by atoms with van der Waals surface area (Å²) in [4.78, 5) is 21.7. The van der Waals surface area contributed by atoms with Crippen LogP contribution < -0.4 is 10.5 Å². The lowest BCUT2D eigenvalue weighted by atomic mass is 9.94. The first kappa shape index (κ1) is 22.2. The molecule has 1 saturated heterocycles. The molecule has 5 nitrogen and oxygen atoms in total. The highest BCUT2D eigenvalue weighted by atomic mass is 19.1. The Hall–Kier alpha value is -3.58. The maximum absolute atomic E-state index is 13.6. The molecule has 1 atom stereocenters. The van der Waals surface area contributed by atoms with Gasteiger partial charge in [-0.2, -0.15) is 0 Å². The van der Waals surface area contributed by atoms with E-state index in [2.05, 4.69) is 21.7 Å². The molecule has 0 spiro atoms. The van der Waals surface area contributed by atoms with Gasteiger partial charge in [0.2, 0.25) is 0 Å². The van der Waals surface area contributed by atoms with Crippen LogP contribution in [0.2, 0.25) is 0 Å². The molecular formula is C27H26F2N4O. The number of halogens is 2. The summed E-state index contributed by atoms with van der Waals surface area (Å²) in [7, 11) is 1.76. The SMILES string of the molecule is C[C@@H]1CN(c2cc(=O)n(C)c3cccnc23)CCN1C(c1ccc(F)cc1)c1ccc(F)cc1. The van der Waals surface area contributed by atoms with Gasteiger partial charge in [0.25, 0.3) is 5.56 Å². The number of fused-ring (bicyclic) bond motifs is 1. The number of pyridine rings is 2. The first-order valence-electron chi connectivity index (χ1n) is 11.4. The minimum absolute atomic E-state index is 0.0684. The van der Waals surface area contributed by atoms with Crippen molar-refractivity contribution in [2.24, 2.45) is 7.05 Å². The van der Waals surface area contributed by atoms with Gasteiger partial charge in [-0.1, -0.05) is 24.3 Å². The summed E-state index contributed by atoms with van der Waals surface area (Å²) in [6.07, 6.45) is 1.75. The zero-order valence-corrected chi connectivity index (χ0v) is 19.2. The highest BCUT2D eigenvalue weighted by Gasteiger charge is 2.32. The first-order chi connectivity index (χ1) is 16.4. The Morgan fingerprint density at radius 3 is 2.15 bits per heavy atom. The van der Waals surface area contributed by atoms with Crippen molar-refractivity contribution < 1.29 is 8.78 Å². The maximum atomic E-state index is 13.6. The van der Waals surface area contributed by atoms with E-state index in [4.69, 9.17) is 0 Å². The molecule has 1 fully saturated rings. The molecule has 3 heterocycles. The van der Waals surface area contributed by atoms with Crippen molar-refractivity contribution in [3.63, 3.8) is 0 Å².